The van der Waals surface area contributed by atoms with Gasteiger partial charge in [-0.1, -0.05) is 24.3 Å². The smallest absolute Gasteiger partial charge is 0.0827 e. The van der Waals surface area contributed by atoms with Gasteiger partial charge in [0.1, 0.15) is 0 Å². The predicted octanol–water partition coefficient (Wildman–Crippen LogP) is 2.63. The molecule has 3 atom stereocenters. The van der Waals surface area contributed by atoms with Crippen molar-refractivity contribution in [1.82, 2.24) is 0 Å². The Morgan fingerprint density at radius 2 is 1.89 bits per heavy atom. The number of aryl methyl sites for hydroxylation is 1. The van der Waals surface area contributed by atoms with Crippen LogP contribution in [0.3, 0.4) is 0 Å². The van der Waals surface area contributed by atoms with Gasteiger partial charge in [-0.05, 0) is 61.5 Å². The van der Waals surface area contributed by atoms with Crippen molar-refractivity contribution in [2.45, 2.75) is 56.7 Å². The standard InChI is InChI=1S/C16H22O2/c17-15(16(18)12-8-9-12)10-13-6-3-5-11-4-1-2-7-14(11)13/h1-2,4,7,12-13,15-18H,3,5-6,8-10H2. The summed E-state index contributed by atoms with van der Waals surface area (Å²) in [5, 5.41) is 20.1. The first kappa shape index (κ1) is 12.2. The number of hydrogen-bond donors (Lipinski definition) is 2. The van der Waals surface area contributed by atoms with Gasteiger partial charge in [0.15, 0.2) is 0 Å². The van der Waals surface area contributed by atoms with Gasteiger partial charge in [0.25, 0.3) is 0 Å². The first-order valence-corrected chi connectivity index (χ1v) is 7.19. The van der Waals surface area contributed by atoms with E-state index in [0.717, 1.165) is 25.7 Å². The lowest BCUT2D eigenvalue weighted by Crippen LogP contribution is -2.30. The summed E-state index contributed by atoms with van der Waals surface area (Å²) in [6.07, 6.45) is 5.34. The topological polar surface area (TPSA) is 40.5 Å². The van der Waals surface area contributed by atoms with Crippen molar-refractivity contribution < 1.29 is 10.2 Å². The highest BCUT2D eigenvalue weighted by Crippen LogP contribution is 2.39. The molecule has 0 aliphatic heterocycles. The van der Waals surface area contributed by atoms with E-state index in [-0.39, 0.29) is 0 Å². The van der Waals surface area contributed by atoms with E-state index in [1.54, 1.807) is 0 Å². The minimum Gasteiger partial charge on any atom is -0.390 e. The van der Waals surface area contributed by atoms with E-state index in [9.17, 15) is 10.2 Å². The Kier molecular flexibility index (Phi) is 3.40. The van der Waals surface area contributed by atoms with Crippen LogP contribution in [0.2, 0.25) is 0 Å². The van der Waals surface area contributed by atoms with Crippen molar-refractivity contribution >= 4 is 0 Å². The molecule has 18 heavy (non-hydrogen) atoms. The Hall–Kier alpha value is -0.860. The number of hydrogen-bond acceptors (Lipinski definition) is 2. The van der Waals surface area contributed by atoms with Crippen LogP contribution in [0, 0.1) is 5.92 Å². The van der Waals surface area contributed by atoms with Crippen LogP contribution < -0.4 is 0 Å². The third-order valence-electron chi connectivity index (χ3n) is 4.52. The van der Waals surface area contributed by atoms with Crippen LogP contribution in [0.4, 0.5) is 0 Å². The van der Waals surface area contributed by atoms with E-state index >= 15 is 0 Å². The summed E-state index contributed by atoms with van der Waals surface area (Å²) in [4.78, 5) is 0. The Labute approximate surface area is 109 Å². The SMILES string of the molecule is OC(CC1CCCc2ccccc21)C(O)C1CC1. The largest absolute Gasteiger partial charge is 0.390 e. The number of benzene rings is 1. The summed E-state index contributed by atoms with van der Waals surface area (Å²) in [7, 11) is 0. The summed E-state index contributed by atoms with van der Waals surface area (Å²) in [6.45, 7) is 0. The van der Waals surface area contributed by atoms with Crippen LogP contribution in [-0.2, 0) is 6.42 Å². The molecule has 3 unspecified atom stereocenters. The molecule has 0 radical (unpaired) electrons. The third kappa shape index (κ3) is 2.45. The Balaban J connectivity index is 1.69. The highest BCUT2D eigenvalue weighted by molar-refractivity contribution is 5.32. The molecule has 98 valence electrons. The van der Waals surface area contributed by atoms with Gasteiger partial charge < -0.3 is 10.2 Å². The molecule has 1 fully saturated rings. The predicted molar refractivity (Wildman–Crippen MR) is 71.5 cm³/mol. The molecule has 0 aromatic heterocycles. The fourth-order valence-electron chi connectivity index (χ4n) is 3.28. The Morgan fingerprint density at radius 1 is 1.11 bits per heavy atom. The van der Waals surface area contributed by atoms with Crippen LogP contribution in [-0.4, -0.2) is 22.4 Å². The van der Waals surface area contributed by atoms with E-state index in [4.69, 9.17) is 0 Å². The fourth-order valence-corrected chi connectivity index (χ4v) is 3.28. The zero-order valence-electron chi connectivity index (χ0n) is 10.8. The second kappa shape index (κ2) is 5.02. The van der Waals surface area contributed by atoms with Gasteiger partial charge in [-0.2, -0.15) is 0 Å². The normalized spacial score (nSPS) is 26.4. The number of aliphatic hydroxyl groups is 2. The molecular formula is C16H22O2. The molecule has 2 heteroatoms. The molecule has 1 saturated carbocycles. The monoisotopic (exact) mass is 246 g/mol. The van der Waals surface area contributed by atoms with Crippen molar-refractivity contribution in [3.63, 3.8) is 0 Å². The lowest BCUT2D eigenvalue weighted by atomic mass is 9.79. The van der Waals surface area contributed by atoms with Gasteiger partial charge in [0.2, 0.25) is 0 Å². The first-order valence-electron chi connectivity index (χ1n) is 7.19. The van der Waals surface area contributed by atoms with Gasteiger partial charge in [-0.25, -0.2) is 0 Å². The molecule has 0 bridgehead atoms. The maximum atomic E-state index is 10.2. The molecule has 1 aromatic rings. The van der Waals surface area contributed by atoms with E-state index in [1.165, 1.54) is 17.5 Å². The molecule has 3 rings (SSSR count). The Morgan fingerprint density at radius 3 is 2.67 bits per heavy atom. The van der Waals surface area contributed by atoms with Gasteiger partial charge in [0.05, 0.1) is 12.2 Å². The molecule has 0 saturated heterocycles. The molecular weight excluding hydrogens is 224 g/mol. The summed E-state index contributed by atoms with van der Waals surface area (Å²) < 4.78 is 0. The minimum absolute atomic E-state index is 0.360. The lowest BCUT2D eigenvalue weighted by Gasteiger charge is -2.28. The van der Waals surface area contributed by atoms with Crippen molar-refractivity contribution in [2.75, 3.05) is 0 Å². The van der Waals surface area contributed by atoms with Crippen molar-refractivity contribution in [3.05, 3.63) is 35.4 Å². The number of rotatable bonds is 4. The summed E-state index contributed by atoms with van der Waals surface area (Å²) >= 11 is 0. The second-order valence-electron chi connectivity index (χ2n) is 5.92. The van der Waals surface area contributed by atoms with Crippen LogP contribution >= 0.6 is 0 Å². The van der Waals surface area contributed by atoms with E-state index < -0.39 is 12.2 Å². The zero-order valence-corrected chi connectivity index (χ0v) is 10.8. The fraction of sp³-hybridized carbons (Fsp3) is 0.625. The zero-order chi connectivity index (χ0) is 12.5. The minimum atomic E-state index is -0.548. The van der Waals surface area contributed by atoms with Gasteiger partial charge in [0, 0.05) is 0 Å². The molecule has 2 aliphatic carbocycles. The summed E-state index contributed by atoms with van der Waals surface area (Å²) in [6, 6.07) is 8.57. The maximum absolute atomic E-state index is 10.2. The molecule has 0 spiro atoms. The number of fused-ring (bicyclic) bond motifs is 1. The Bertz CT molecular complexity index is 411. The molecule has 2 aliphatic rings. The van der Waals surface area contributed by atoms with Crippen molar-refractivity contribution in [1.29, 1.82) is 0 Å². The second-order valence-corrected chi connectivity index (χ2v) is 5.92. The molecule has 2 nitrogen and oxygen atoms in total. The number of aliphatic hydroxyl groups excluding tert-OH is 2. The van der Waals surface area contributed by atoms with Crippen molar-refractivity contribution in [2.24, 2.45) is 5.92 Å². The van der Waals surface area contributed by atoms with Gasteiger partial charge in [-0.15, -0.1) is 0 Å². The molecule has 0 heterocycles. The van der Waals surface area contributed by atoms with Crippen LogP contribution in [0.1, 0.15) is 49.1 Å². The van der Waals surface area contributed by atoms with Gasteiger partial charge >= 0.3 is 0 Å². The van der Waals surface area contributed by atoms with Crippen LogP contribution in [0.15, 0.2) is 24.3 Å². The average molecular weight is 246 g/mol. The lowest BCUT2D eigenvalue weighted by molar-refractivity contribution is -0.00307. The van der Waals surface area contributed by atoms with E-state index in [2.05, 4.69) is 24.3 Å². The summed E-state index contributed by atoms with van der Waals surface area (Å²) in [5.74, 6) is 0.789. The molecule has 2 N–H and O–H groups in total. The summed E-state index contributed by atoms with van der Waals surface area (Å²) in [5.41, 5.74) is 2.83. The van der Waals surface area contributed by atoms with Crippen LogP contribution in [0.5, 0.6) is 0 Å². The maximum Gasteiger partial charge on any atom is 0.0827 e. The van der Waals surface area contributed by atoms with Crippen LogP contribution in [0.25, 0.3) is 0 Å². The molecule has 0 amide bonds. The quantitative estimate of drug-likeness (QED) is 0.857. The van der Waals surface area contributed by atoms with E-state index in [1.807, 2.05) is 0 Å². The van der Waals surface area contributed by atoms with E-state index in [0.29, 0.717) is 18.3 Å². The van der Waals surface area contributed by atoms with Gasteiger partial charge in [-0.3, -0.25) is 0 Å². The highest BCUT2D eigenvalue weighted by atomic mass is 16.3. The molecule has 1 aromatic carbocycles. The van der Waals surface area contributed by atoms with Crippen molar-refractivity contribution in [3.8, 4) is 0 Å². The highest BCUT2D eigenvalue weighted by Gasteiger charge is 2.36. The first-order chi connectivity index (χ1) is 8.75. The average Bonchev–Trinajstić information content (AvgIpc) is 3.22. The third-order valence-corrected chi connectivity index (χ3v) is 4.52.